The Morgan fingerprint density at radius 1 is 0.758 bits per heavy atom. The molecule has 3 aromatic carbocycles. The molecule has 0 aromatic heterocycles. The summed E-state index contributed by atoms with van der Waals surface area (Å²) in [6.45, 7) is 0. The number of halogens is 3. The lowest BCUT2D eigenvalue weighted by atomic mass is 10.0. The van der Waals surface area contributed by atoms with E-state index in [1.54, 1.807) is 18.2 Å². The number of hydrogen-bond acceptors (Lipinski definition) is 5. The van der Waals surface area contributed by atoms with Gasteiger partial charge in [0, 0.05) is 30.0 Å². The molecule has 33 heavy (non-hydrogen) atoms. The Morgan fingerprint density at radius 3 is 1.97 bits per heavy atom. The van der Waals surface area contributed by atoms with Crippen molar-refractivity contribution in [1.82, 2.24) is 0 Å². The van der Waals surface area contributed by atoms with E-state index in [4.69, 9.17) is 9.47 Å². The second-order valence-corrected chi connectivity index (χ2v) is 7.03. The van der Waals surface area contributed by atoms with Crippen LogP contribution in [0, 0.1) is 17.5 Å². The zero-order chi connectivity index (χ0) is 23.7. The van der Waals surface area contributed by atoms with Gasteiger partial charge in [-0.25, -0.2) is 18.1 Å². The van der Waals surface area contributed by atoms with Crippen molar-refractivity contribution in [3.8, 4) is 11.5 Å². The third-order valence-electron chi connectivity index (χ3n) is 5.00. The van der Waals surface area contributed by atoms with E-state index in [1.165, 1.54) is 26.4 Å². The van der Waals surface area contributed by atoms with Crippen molar-refractivity contribution in [2.45, 2.75) is 0 Å². The van der Waals surface area contributed by atoms with E-state index in [1.807, 2.05) is 0 Å². The van der Waals surface area contributed by atoms with Gasteiger partial charge in [0.15, 0.2) is 11.6 Å². The molecule has 3 aromatic rings. The number of amides is 2. The number of ether oxygens (including phenoxy) is 2. The summed E-state index contributed by atoms with van der Waals surface area (Å²) in [7, 11) is 2.91. The van der Waals surface area contributed by atoms with Crippen LogP contribution in [-0.4, -0.2) is 26.0 Å². The molecule has 0 unspecified atom stereocenters. The van der Waals surface area contributed by atoms with Crippen molar-refractivity contribution < 1.29 is 32.2 Å². The van der Waals surface area contributed by atoms with Crippen LogP contribution in [0.25, 0.3) is 5.57 Å². The molecule has 0 saturated heterocycles. The molecule has 168 valence electrons. The lowest BCUT2D eigenvalue weighted by Gasteiger charge is -2.16. The van der Waals surface area contributed by atoms with E-state index in [2.05, 4.69) is 5.32 Å². The van der Waals surface area contributed by atoms with E-state index >= 15 is 0 Å². The SMILES string of the molecule is COc1cc(NC2=C(c3ccc(F)cc3)C(=O)N(c3ccc(F)c(F)c3)C2=O)cc(OC)c1. The Labute approximate surface area is 186 Å². The lowest BCUT2D eigenvalue weighted by molar-refractivity contribution is -0.120. The fraction of sp³-hybridized carbons (Fsp3) is 0.0833. The zero-order valence-corrected chi connectivity index (χ0v) is 17.5. The Morgan fingerprint density at radius 2 is 1.39 bits per heavy atom. The molecule has 0 fully saturated rings. The zero-order valence-electron chi connectivity index (χ0n) is 17.5. The summed E-state index contributed by atoms with van der Waals surface area (Å²) in [5, 5.41) is 2.91. The van der Waals surface area contributed by atoms with Gasteiger partial charge in [0.25, 0.3) is 11.8 Å². The Bertz CT molecular complexity index is 1270. The van der Waals surface area contributed by atoms with Gasteiger partial charge in [-0.2, -0.15) is 0 Å². The summed E-state index contributed by atoms with van der Waals surface area (Å²) < 4.78 is 51.2. The van der Waals surface area contributed by atoms with E-state index in [-0.39, 0.29) is 22.5 Å². The van der Waals surface area contributed by atoms with E-state index in [0.29, 0.717) is 17.2 Å². The monoisotopic (exact) mass is 454 g/mol. The van der Waals surface area contributed by atoms with Crippen LogP contribution in [0.3, 0.4) is 0 Å². The molecule has 1 N–H and O–H groups in total. The van der Waals surface area contributed by atoms with Crippen LogP contribution >= 0.6 is 0 Å². The first-order valence-corrected chi connectivity index (χ1v) is 9.66. The van der Waals surface area contributed by atoms with Crippen molar-refractivity contribution in [1.29, 1.82) is 0 Å². The van der Waals surface area contributed by atoms with Crippen molar-refractivity contribution in [3.05, 3.63) is 89.4 Å². The summed E-state index contributed by atoms with van der Waals surface area (Å²) >= 11 is 0. The second kappa shape index (κ2) is 8.70. The fourth-order valence-corrected chi connectivity index (χ4v) is 3.41. The maximum Gasteiger partial charge on any atom is 0.282 e. The highest BCUT2D eigenvalue weighted by Gasteiger charge is 2.40. The van der Waals surface area contributed by atoms with Crippen molar-refractivity contribution in [2.75, 3.05) is 24.4 Å². The molecular formula is C24H17F3N2O4. The van der Waals surface area contributed by atoms with Crippen LogP contribution < -0.4 is 19.7 Å². The van der Waals surface area contributed by atoms with Gasteiger partial charge in [-0.3, -0.25) is 9.59 Å². The van der Waals surface area contributed by atoms with E-state index in [0.717, 1.165) is 35.2 Å². The molecule has 0 radical (unpaired) electrons. The standard InChI is InChI=1S/C24H17F3N2O4/c1-32-17-9-15(10-18(12-17)33-2)28-22-21(13-3-5-14(25)6-4-13)23(30)29(24(22)31)16-7-8-19(26)20(27)11-16/h3-12,28H,1-2H3. The molecule has 4 rings (SSSR count). The number of hydrogen-bond donors (Lipinski definition) is 1. The third-order valence-corrected chi connectivity index (χ3v) is 5.00. The van der Waals surface area contributed by atoms with Gasteiger partial charge < -0.3 is 14.8 Å². The van der Waals surface area contributed by atoms with Crippen molar-refractivity contribution >= 4 is 28.8 Å². The average Bonchev–Trinajstić information content (AvgIpc) is 3.05. The average molecular weight is 454 g/mol. The normalized spacial score (nSPS) is 13.5. The second-order valence-electron chi connectivity index (χ2n) is 7.03. The number of nitrogens with one attached hydrogen (secondary N) is 1. The van der Waals surface area contributed by atoms with Gasteiger partial charge in [-0.05, 0) is 29.8 Å². The van der Waals surface area contributed by atoms with Crippen LogP contribution in [0.1, 0.15) is 5.56 Å². The Kier molecular flexibility index (Phi) is 5.78. The van der Waals surface area contributed by atoms with Gasteiger partial charge in [0.2, 0.25) is 0 Å². The Hall–Kier alpha value is -4.27. The van der Waals surface area contributed by atoms with Crippen LogP contribution in [0.5, 0.6) is 11.5 Å². The largest absolute Gasteiger partial charge is 0.497 e. The fourth-order valence-electron chi connectivity index (χ4n) is 3.41. The first-order chi connectivity index (χ1) is 15.8. The summed E-state index contributed by atoms with van der Waals surface area (Å²) in [4.78, 5) is 27.3. The number of imide groups is 1. The molecular weight excluding hydrogens is 437 g/mol. The highest BCUT2D eigenvalue weighted by molar-refractivity contribution is 6.46. The van der Waals surface area contributed by atoms with Gasteiger partial charge in [-0.1, -0.05) is 12.1 Å². The predicted octanol–water partition coefficient (Wildman–Crippen LogP) is 4.52. The van der Waals surface area contributed by atoms with E-state index < -0.39 is 29.3 Å². The highest BCUT2D eigenvalue weighted by Crippen LogP contribution is 2.35. The smallest absolute Gasteiger partial charge is 0.282 e. The molecule has 9 heteroatoms. The summed E-state index contributed by atoms with van der Waals surface area (Å²) in [6, 6.07) is 12.5. The lowest BCUT2D eigenvalue weighted by Crippen LogP contribution is -2.32. The number of nitrogens with zero attached hydrogens (tertiary/aromatic N) is 1. The van der Waals surface area contributed by atoms with Crippen LogP contribution in [0.15, 0.2) is 66.4 Å². The van der Waals surface area contributed by atoms with Gasteiger partial charge in [-0.15, -0.1) is 0 Å². The summed E-state index contributed by atoms with van der Waals surface area (Å²) in [5.41, 5.74) is 0.285. The van der Waals surface area contributed by atoms with Crippen molar-refractivity contribution in [3.63, 3.8) is 0 Å². The number of carbonyl (C=O) groups is 2. The van der Waals surface area contributed by atoms with Crippen LogP contribution in [0.4, 0.5) is 24.5 Å². The minimum atomic E-state index is -1.21. The van der Waals surface area contributed by atoms with Crippen molar-refractivity contribution in [2.24, 2.45) is 0 Å². The number of rotatable bonds is 6. The topological polar surface area (TPSA) is 67.9 Å². The summed E-state index contributed by atoms with van der Waals surface area (Å²) in [5.74, 6) is -3.59. The third kappa shape index (κ3) is 4.12. The predicted molar refractivity (Wildman–Crippen MR) is 115 cm³/mol. The minimum absolute atomic E-state index is 0.0634. The maximum absolute atomic E-state index is 13.8. The quantitative estimate of drug-likeness (QED) is 0.555. The molecule has 0 aliphatic carbocycles. The molecule has 2 amide bonds. The highest BCUT2D eigenvalue weighted by atomic mass is 19.2. The molecule has 6 nitrogen and oxygen atoms in total. The number of anilines is 2. The molecule has 1 aliphatic rings. The Balaban J connectivity index is 1.83. The minimum Gasteiger partial charge on any atom is -0.497 e. The molecule has 1 aliphatic heterocycles. The number of benzene rings is 3. The first-order valence-electron chi connectivity index (χ1n) is 9.66. The van der Waals surface area contributed by atoms with Gasteiger partial charge in [0.1, 0.15) is 23.0 Å². The maximum atomic E-state index is 13.8. The van der Waals surface area contributed by atoms with Gasteiger partial charge in [0.05, 0.1) is 25.5 Å². The number of carbonyl (C=O) groups excluding carboxylic acids is 2. The van der Waals surface area contributed by atoms with Gasteiger partial charge >= 0.3 is 0 Å². The molecule has 1 heterocycles. The van der Waals surface area contributed by atoms with Crippen LogP contribution in [0.2, 0.25) is 0 Å². The molecule has 0 atom stereocenters. The number of methoxy groups -OCH3 is 2. The molecule has 0 saturated carbocycles. The summed E-state index contributed by atoms with van der Waals surface area (Å²) in [6.07, 6.45) is 0. The molecule has 0 spiro atoms. The van der Waals surface area contributed by atoms with E-state index in [9.17, 15) is 22.8 Å². The van der Waals surface area contributed by atoms with Crippen LogP contribution in [-0.2, 0) is 9.59 Å². The molecule has 0 bridgehead atoms. The first kappa shape index (κ1) is 21.9.